The Hall–Kier alpha value is -2.50. The SMILES string of the molecule is Nc1cc(F)ccc1C(=O)OCc1cc(F)ccc1F. The van der Waals surface area contributed by atoms with Crippen molar-refractivity contribution in [1.29, 1.82) is 0 Å². The van der Waals surface area contributed by atoms with Crippen LogP contribution in [0.3, 0.4) is 0 Å². The Bertz CT molecular complexity index is 659. The van der Waals surface area contributed by atoms with Crippen molar-refractivity contribution in [1.82, 2.24) is 0 Å². The van der Waals surface area contributed by atoms with Gasteiger partial charge in [0.25, 0.3) is 0 Å². The zero-order valence-corrected chi connectivity index (χ0v) is 10.2. The molecule has 0 atom stereocenters. The van der Waals surface area contributed by atoms with Gasteiger partial charge in [-0.05, 0) is 36.4 Å². The van der Waals surface area contributed by atoms with E-state index in [2.05, 4.69) is 0 Å². The van der Waals surface area contributed by atoms with E-state index in [0.29, 0.717) is 0 Å². The van der Waals surface area contributed by atoms with Gasteiger partial charge in [0.15, 0.2) is 0 Å². The Balaban J connectivity index is 2.10. The lowest BCUT2D eigenvalue weighted by Gasteiger charge is -2.08. The molecule has 0 radical (unpaired) electrons. The van der Waals surface area contributed by atoms with Gasteiger partial charge in [0.05, 0.1) is 5.56 Å². The molecule has 0 fully saturated rings. The second kappa shape index (κ2) is 5.64. The third kappa shape index (κ3) is 3.09. The van der Waals surface area contributed by atoms with Gasteiger partial charge in [-0.1, -0.05) is 0 Å². The van der Waals surface area contributed by atoms with E-state index in [9.17, 15) is 18.0 Å². The van der Waals surface area contributed by atoms with Crippen molar-refractivity contribution in [3.63, 3.8) is 0 Å². The molecule has 0 heterocycles. The van der Waals surface area contributed by atoms with Crippen LogP contribution in [0.4, 0.5) is 18.9 Å². The highest BCUT2D eigenvalue weighted by Crippen LogP contribution is 2.16. The number of rotatable bonds is 3. The molecule has 2 rings (SSSR count). The van der Waals surface area contributed by atoms with Crippen molar-refractivity contribution in [2.24, 2.45) is 0 Å². The standard InChI is InChI=1S/C14H10F3NO2/c15-9-2-4-12(17)8(5-9)7-20-14(19)11-3-1-10(16)6-13(11)18/h1-6H,7,18H2. The first kappa shape index (κ1) is 13.9. The van der Waals surface area contributed by atoms with Crippen LogP contribution in [0, 0.1) is 17.5 Å². The molecular weight excluding hydrogens is 271 g/mol. The van der Waals surface area contributed by atoms with Crippen LogP contribution in [0.5, 0.6) is 0 Å². The summed E-state index contributed by atoms with van der Waals surface area (Å²) in [5.41, 5.74) is 5.25. The molecule has 0 aliphatic heterocycles. The number of carbonyl (C=O) groups excluding carboxylic acids is 1. The van der Waals surface area contributed by atoms with Crippen molar-refractivity contribution in [3.8, 4) is 0 Å². The first-order valence-electron chi connectivity index (χ1n) is 5.63. The maximum Gasteiger partial charge on any atom is 0.340 e. The van der Waals surface area contributed by atoms with Crippen molar-refractivity contribution in [2.45, 2.75) is 6.61 Å². The van der Waals surface area contributed by atoms with Crippen LogP contribution >= 0.6 is 0 Å². The third-order valence-electron chi connectivity index (χ3n) is 2.60. The fourth-order valence-corrected chi connectivity index (χ4v) is 1.59. The summed E-state index contributed by atoms with van der Waals surface area (Å²) in [6.07, 6.45) is 0. The minimum absolute atomic E-state index is 0.0387. The zero-order chi connectivity index (χ0) is 14.7. The summed E-state index contributed by atoms with van der Waals surface area (Å²) in [7, 11) is 0. The molecule has 3 nitrogen and oxygen atoms in total. The van der Waals surface area contributed by atoms with Crippen LogP contribution in [-0.4, -0.2) is 5.97 Å². The zero-order valence-electron chi connectivity index (χ0n) is 10.2. The fraction of sp³-hybridized carbons (Fsp3) is 0.0714. The summed E-state index contributed by atoms with van der Waals surface area (Å²) in [4.78, 5) is 11.7. The second-order valence-corrected chi connectivity index (χ2v) is 4.04. The van der Waals surface area contributed by atoms with Crippen LogP contribution in [0.1, 0.15) is 15.9 Å². The molecule has 0 saturated carbocycles. The van der Waals surface area contributed by atoms with E-state index in [1.54, 1.807) is 0 Å². The lowest BCUT2D eigenvalue weighted by Crippen LogP contribution is -2.09. The average Bonchev–Trinajstić information content (AvgIpc) is 2.39. The van der Waals surface area contributed by atoms with Gasteiger partial charge in [0, 0.05) is 11.3 Å². The van der Waals surface area contributed by atoms with Crippen molar-refractivity contribution >= 4 is 11.7 Å². The number of hydrogen-bond donors (Lipinski definition) is 1. The van der Waals surface area contributed by atoms with E-state index >= 15 is 0 Å². The summed E-state index contributed by atoms with van der Waals surface area (Å²) >= 11 is 0. The fourth-order valence-electron chi connectivity index (χ4n) is 1.59. The minimum Gasteiger partial charge on any atom is -0.457 e. The number of ether oxygens (including phenoxy) is 1. The number of hydrogen-bond acceptors (Lipinski definition) is 3. The maximum atomic E-state index is 13.3. The molecule has 0 unspecified atom stereocenters. The lowest BCUT2D eigenvalue weighted by molar-refractivity contribution is 0.0469. The molecule has 0 aliphatic rings. The summed E-state index contributed by atoms with van der Waals surface area (Å²) in [6, 6.07) is 6.00. The number of carbonyl (C=O) groups is 1. The van der Waals surface area contributed by atoms with E-state index < -0.39 is 30.0 Å². The summed E-state index contributed by atoms with van der Waals surface area (Å²) in [5, 5.41) is 0. The van der Waals surface area contributed by atoms with E-state index in [0.717, 1.165) is 36.4 Å². The first-order chi connectivity index (χ1) is 9.47. The summed E-state index contributed by atoms with van der Waals surface area (Å²) in [6.45, 7) is -0.445. The van der Waals surface area contributed by atoms with Crippen LogP contribution < -0.4 is 5.73 Å². The molecule has 0 aromatic heterocycles. The van der Waals surface area contributed by atoms with E-state index in [4.69, 9.17) is 10.5 Å². The topological polar surface area (TPSA) is 52.3 Å². The molecule has 0 aliphatic carbocycles. The number of halogens is 3. The second-order valence-electron chi connectivity index (χ2n) is 4.04. The van der Waals surface area contributed by atoms with Gasteiger partial charge >= 0.3 is 5.97 Å². The number of benzene rings is 2. The number of esters is 1. The Morgan fingerprint density at radius 2 is 1.70 bits per heavy atom. The molecule has 0 spiro atoms. The first-order valence-corrected chi connectivity index (χ1v) is 5.63. The Kier molecular flexibility index (Phi) is 3.93. The van der Waals surface area contributed by atoms with Gasteiger partial charge in [-0.15, -0.1) is 0 Å². The normalized spacial score (nSPS) is 10.3. The molecule has 0 bridgehead atoms. The molecular formula is C14H10F3NO2. The van der Waals surface area contributed by atoms with Gasteiger partial charge in [0.1, 0.15) is 24.1 Å². The number of nitrogen functional groups attached to an aromatic ring is 1. The smallest absolute Gasteiger partial charge is 0.340 e. The van der Waals surface area contributed by atoms with E-state index in [-0.39, 0.29) is 16.8 Å². The molecule has 0 amide bonds. The number of anilines is 1. The Labute approximate surface area is 112 Å². The van der Waals surface area contributed by atoms with Crippen molar-refractivity contribution in [3.05, 3.63) is 65.0 Å². The molecule has 104 valence electrons. The van der Waals surface area contributed by atoms with Crippen LogP contribution in [0.15, 0.2) is 36.4 Å². The van der Waals surface area contributed by atoms with Crippen molar-refractivity contribution < 1.29 is 22.7 Å². The molecule has 2 aromatic rings. The van der Waals surface area contributed by atoms with Gasteiger partial charge in [-0.3, -0.25) is 0 Å². The maximum absolute atomic E-state index is 13.3. The van der Waals surface area contributed by atoms with E-state index in [1.807, 2.05) is 0 Å². The predicted octanol–water partition coefficient (Wildman–Crippen LogP) is 3.04. The van der Waals surface area contributed by atoms with Gasteiger partial charge in [-0.2, -0.15) is 0 Å². The van der Waals surface area contributed by atoms with Gasteiger partial charge in [-0.25, -0.2) is 18.0 Å². The lowest BCUT2D eigenvalue weighted by atomic mass is 10.2. The molecule has 6 heteroatoms. The Morgan fingerprint density at radius 3 is 2.40 bits per heavy atom. The summed E-state index contributed by atoms with van der Waals surface area (Å²) < 4.78 is 43.9. The quantitative estimate of drug-likeness (QED) is 0.695. The van der Waals surface area contributed by atoms with Crippen LogP contribution in [0.2, 0.25) is 0 Å². The predicted molar refractivity (Wildman–Crippen MR) is 66.3 cm³/mol. The Morgan fingerprint density at radius 1 is 1.05 bits per heavy atom. The summed E-state index contributed by atoms with van der Waals surface area (Å²) in [5.74, 6) is -2.76. The molecule has 2 N–H and O–H groups in total. The van der Waals surface area contributed by atoms with Crippen molar-refractivity contribution in [2.75, 3.05) is 5.73 Å². The third-order valence-corrected chi connectivity index (χ3v) is 2.60. The van der Waals surface area contributed by atoms with Gasteiger partial charge < -0.3 is 10.5 Å². The molecule has 0 saturated heterocycles. The van der Waals surface area contributed by atoms with Gasteiger partial charge in [0.2, 0.25) is 0 Å². The van der Waals surface area contributed by atoms with Crippen LogP contribution in [-0.2, 0) is 11.3 Å². The van der Waals surface area contributed by atoms with E-state index in [1.165, 1.54) is 0 Å². The molecule has 20 heavy (non-hydrogen) atoms. The number of nitrogens with two attached hydrogens (primary N) is 1. The van der Waals surface area contributed by atoms with Crippen LogP contribution in [0.25, 0.3) is 0 Å². The highest BCUT2D eigenvalue weighted by molar-refractivity contribution is 5.94. The molecule has 2 aromatic carbocycles. The largest absolute Gasteiger partial charge is 0.457 e. The average molecular weight is 281 g/mol. The monoisotopic (exact) mass is 281 g/mol. The highest BCUT2D eigenvalue weighted by atomic mass is 19.1. The minimum atomic E-state index is -0.842. The highest BCUT2D eigenvalue weighted by Gasteiger charge is 2.13.